The van der Waals surface area contributed by atoms with Crippen LogP contribution in [0.3, 0.4) is 0 Å². The number of hydrogen-bond acceptors (Lipinski definition) is 4. The van der Waals surface area contributed by atoms with Crippen molar-refractivity contribution in [2.24, 2.45) is 5.41 Å². The van der Waals surface area contributed by atoms with Gasteiger partial charge in [-0.3, -0.25) is 0 Å². The summed E-state index contributed by atoms with van der Waals surface area (Å²) in [7, 11) is 0. The second kappa shape index (κ2) is 6.12. The van der Waals surface area contributed by atoms with Gasteiger partial charge in [0.2, 0.25) is 5.88 Å². The van der Waals surface area contributed by atoms with Crippen molar-refractivity contribution in [3.05, 3.63) is 23.9 Å². The summed E-state index contributed by atoms with van der Waals surface area (Å²) >= 11 is 0. The van der Waals surface area contributed by atoms with Crippen molar-refractivity contribution in [3.63, 3.8) is 0 Å². The third-order valence-corrected chi connectivity index (χ3v) is 4.49. The average Bonchev–Trinajstić information content (AvgIpc) is 2.47. The van der Waals surface area contributed by atoms with E-state index < -0.39 is 11.7 Å². The van der Waals surface area contributed by atoms with Gasteiger partial charge in [0.25, 0.3) is 0 Å². The van der Waals surface area contributed by atoms with E-state index >= 15 is 0 Å². The van der Waals surface area contributed by atoms with Crippen LogP contribution in [0.2, 0.25) is 0 Å². The first-order valence-electron chi connectivity index (χ1n) is 7.50. The molecular formula is C16H24N2O4. The molecule has 1 saturated heterocycles. The predicted molar refractivity (Wildman–Crippen MR) is 81.8 cm³/mol. The fourth-order valence-electron chi connectivity index (χ4n) is 2.87. The number of carboxylic acid groups (broad SMARTS) is 1. The Kier molecular flexibility index (Phi) is 4.60. The molecular weight excluding hydrogens is 284 g/mol. The molecule has 2 N–H and O–H groups in total. The van der Waals surface area contributed by atoms with Crippen LogP contribution in [0.4, 0.5) is 4.79 Å². The Morgan fingerprint density at radius 2 is 2.05 bits per heavy atom. The monoisotopic (exact) mass is 308 g/mol. The van der Waals surface area contributed by atoms with Gasteiger partial charge >= 0.3 is 6.09 Å². The summed E-state index contributed by atoms with van der Waals surface area (Å²) in [6, 6.07) is 3.47. The van der Waals surface area contributed by atoms with E-state index in [1.54, 1.807) is 18.3 Å². The highest BCUT2D eigenvalue weighted by atomic mass is 16.5. The molecule has 0 atom stereocenters. The van der Waals surface area contributed by atoms with E-state index in [0.717, 1.165) is 5.56 Å². The Bertz CT molecular complexity index is 531. The van der Waals surface area contributed by atoms with Gasteiger partial charge in [0.15, 0.2) is 0 Å². The molecule has 0 saturated carbocycles. The molecule has 2 rings (SSSR count). The molecule has 0 aromatic carbocycles. The van der Waals surface area contributed by atoms with Crippen LogP contribution >= 0.6 is 0 Å². The Morgan fingerprint density at radius 1 is 1.41 bits per heavy atom. The Hall–Kier alpha value is -1.82. The van der Waals surface area contributed by atoms with Crippen molar-refractivity contribution >= 4 is 6.09 Å². The van der Waals surface area contributed by atoms with Crippen molar-refractivity contribution in [2.75, 3.05) is 13.1 Å². The molecule has 0 bridgehead atoms. The highest BCUT2D eigenvalue weighted by Gasteiger charge is 2.47. The van der Waals surface area contributed by atoms with Gasteiger partial charge in [0.1, 0.15) is 5.60 Å². The molecule has 1 aliphatic rings. The maximum Gasteiger partial charge on any atom is 0.407 e. The van der Waals surface area contributed by atoms with Crippen LogP contribution in [-0.2, 0) is 6.61 Å². The quantitative estimate of drug-likeness (QED) is 0.896. The number of pyridine rings is 1. The molecule has 1 aromatic rings. The van der Waals surface area contributed by atoms with Crippen LogP contribution in [-0.4, -0.2) is 44.9 Å². The number of hydrogen-bond donors (Lipinski definition) is 2. The molecule has 0 aliphatic carbocycles. The molecule has 1 amide bonds. The predicted octanol–water partition coefficient (Wildman–Crippen LogP) is 2.51. The lowest BCUT2D eigenvalue weighted by Crippen LogP contribution is -2.56. The van der Waals surface area contributed by atoms with E-state index in [0.29, 0.717) is 31.8 Å². The first-order valence-corrected chi connectivity index (χ1v) is 7.50. The number of piperidine rings is 1. The number of likely N-dealkylation sites (tertiary alicyclic amines) is 1. The van der Waals surface area contributed by atoms with Gasteiger partial charge in [-0.1, -0.05) is 20.8 Å². The fraction of sp³-hybridized carbons (Fsp3) is 0.625. The number of aliphatic hydroxyl groups is 1. The van der Waals surface area contributed by atoms with Gasteiger partial charge < -0.3 is 19.8 Å². The Labute approximate surface area is 130 Å². The molecule has 1 aromatic heterocycles. The summed E-state index contributed by atoms with van der Waals surface area (Å²) in [4.78, 5) is 16.8. The van der Waals surface area contributed by atoms with Gasteiger partial charge in [-0.2, -0.15) is 0 Å². The van der Waals surface area contributed by atoms with E-state index in [9.17, 15) is 9.90 Å². The molecule has 2 heterocycles. The largest absolute Gasteiger partial charge is 0.470 e. The van der Waals surface area contributed by atoms with Crippen LogP contribution in [0.15, 0.2) is 18.3 Å². The SMILES string of the molecule is CC(C)(C)C1(Oc2cc(CO)ccn2)CCN(C(=O)O)CC1. The summed E-state index contributed by atoms with van der Waals surface area (Å²) in [6.07, 6.45) is 1.97. The van der Waals surface area contributed by atoms with Gasteiger partial charge in [-0.25, -0.2) is 9.78 Å². The fourth-order valence-corrected chi connectivity index (χ4v) is 2.87. The number of carbonyl (C=O) groups is 1. The summed E-state index contributed by atoms with van der Waals surface area (Å²) < 4.78 is 6.24. The molecule has 0 spiro atoms. The lowest BCUT2D eigenvalue weighted by Gasteiger charge is -2.48. The third-order valence-electron chi connectivity index (χ3n) is 4.49. The van der Waals surface area contributed by atoms with Gasteiger partial charge in [0, 0.05) is 43.6 Å². The minimum Gasteiger partial charge on any atom is -0.470 e. The number of amides is 1. The molecule has 122 valence electrons. The van der Waals surface area contributed by atoms with Crippen molar-refractivity contribution < 1.29 is 19.7 Å². The zero-order chi connectivity index (χ0) is 16.4. The second-order valence-electron chi connectivity index (χ2n) is 6.78. The molecule has 22 heavy (non-hydrogen) atoms. The van der Waals surface area contributed by atoms with E-state index in [4.69, 9.17) is 9.84 Å². The highest BCUT2D eigenvalue weighted by Crippen LogP contribution is 2.42. The standard InChI is InChI=1S/C16H24N2O4/c1-15(2,3)16(5-8-18(9-6-16)14(20)21)22-13-10-12(11-19)4-7-17-13/h4,7,10,19H,5-6,8-9,11H2,1-3H3,(H,20,21). The number of ether oxygens (including phenoxy) is 1. The minimum absolute atomic E-state index is 0.0613. The van der Waals surface area contributed by atoms with Crippen LogP contribution in [0, 0.1) is 5.41 Å². The van der Waals surface area contributed by atoms with E-state index in [2.05, 4.69) is 25.8 Å². The normalized spacial score (nSPS) is 18.1. The topological polar surface area (TPSA) is 82.9 Å². The molecule has 6 nitrogen and oxygen atoms in total. The van der Waals surface area contributed by atoms with Crippen molar-refractivity contribution in [1.29, 1.82) is 0 Å². The summed E-state index contributed by atoms with van der Waals surface area (Å²) in [5.41, 5.74) is 0.117. The summed E-state index contributed by atoms with van der Waals surface area (Å²) in [5.74, 6) is 0.477. The Morgan fingerprint density at radius 3 is 2.55 bits per heavy atom. The minimum atomic E-state index is -0.886. The second-order valence-corrected chi connectivity index (χ2v) is 6.78. The lowest BCUT2D eigenvalue weighted by molar-refractivity contribution is -0.0764. The van der Waals surface area contributed by atoms with Crippen LogP contribution < -0.4 is 4.74 Å². The van der Waals surface area contributed by atoms with Crippen LogP contribution in [0.5, 0.6) is 5.88 Å². The van der Waals surface area contributed by atoms with Crippen molar-refractivity contribution in [1.82, 2.24) is 9.88 Å². The van der Waals surface area contributed by atoms with Gasteiger partial charge in [-0.15, -0.1) is 0 Å². The third kappa shape index (κ3) is 3.32. The van der Waals surface area contributed by atoms with E-state index in [1.165, 1.54) is 4.90 Å². The first kappa shape index (κ1) is 16.5. The zero-order valence-electron chi connectivity index (χ0n) is 13.4. The average molecular weight is 308 g/mol. The maximum atomic E-state index is 11.1. The number of aliphatic hydroxyl groups excluding tert-OH is 1. The number of nitrogens with zero attached hydrogens (tertiary/aromatic N) is 2. The van der Waals surface area contributed by atoms with Crippen molar-refractivity contribution in [3.8, 4) is 5.88 Å². The molecule has 1 fully saturated rings. The molecule has 6 heteroatoms. The smallest absolute Gasteiger partial charge is 0.407 e. The molecule has 1 aliphatic heterocycles. The van der Waals surface area contributed by atoms with Gasteiger partial charge in [0.05, 0.1) is 6.61 Å². The number of rotatable bonds is 3. The number of aromatic nitrogens is 1. The summed E-state index contributed by atoms with van der Waals surface area (Å²) in [6.45, 7) is 7.13. The maximum absolute atomic E-state index is 11.1. The van der Waals surface area contributed by atoms with E-state index in [1.807, 2.05) is 0 Å². The molecule has 0 unspecified atom stereocenters. The highest BCUT2D eigenvalue weighted by molar-refractivity contribution is 5.65. The zero-order valence-corrected chi connectivity index (χ0v) is 13.4. The van der Waals surface area contributed by atoms with Crippen LogP contribution in [0.25, 0.3) is 0 Å². The summed E-state index contributed by atoms with van der Waals surface area (Å²) in [5, 5.41) is 18.3. The van der Waals surface area contributed by atoms with Crippen molar-refractivity contribution in [2.45, 2.75) is 45.8 Å². The first-order chi connectivity index (χ1) is 10.3. The van der Waals surface area contributed by atoms with E-state index in [-0.39, 0.29) is 12.0 Å². The van der Waals surface area contributed by atoms with Crippen LogP contribution in [0.1, 0.15) is 39.2 Å². The molecule has 0 radical (unpaired) electrons. The van der Waals surface area contributed by atoms with Gasteiger partial charge in [-0.05, 0) is 11.6 Å². The lowest BCUT2D eigenvalue weighted by atomic mass is 9.70. The Balaban J connectivity index is 2.22.